The van der Waals surface area contributed by atoms with E-state index >= 15 is 0 Å². The highest BCUT2D eigenvalue weighted by Crippen LogP contribution is 2.25. The fraction of sp³-hybridized carbons (Fsp3) is 0.400. The molecular formula is C15H18FN3S. The van der Waals surface area contributed by atoms with Crippen molar-refractivity contribution in [3.05, 3.63) is 41.2 Å². The van der Waals surface area contributed by atoms with Crippen molar-refractivity contribution in [2.75, 3.05) is 19.6 Å². The van der Waals surface area contributed by atoms with Gasteiger partial charge in [0.15, 0.2) is 0 Å². The summed E-state index contributed by atoms with van der Waals surface area (Å²) >= 11 is 1.61. The lowest BCUT2D eigenvalue weighted by Gasteiger charge is -2.13. The summed E-state index contributed by atoms with van der Waals surface area (Å²) in [6, 6.07) is 6.50. The summed E-state index contributed by atoms with van der Waals surface area (Å²) in [5, 5.41) is 3.05. The zero-order chi connectivity index (χ0) is 13.9. The van der Waals surface area contributed by atoms with Crippen LogP contribution in [0.2, 0.25) is 0 Å². The monoisotopic (exact) mass is 291 g/mol. The zero-order valence-corrected chi connectivity index (χ0v) is 12.1. The number of aromatic nitrogens is 1. The van der Waals surface area contributed by atoms with Gasteiger partial charge in [0.2, 0.25) is 0 Å². The topological polar surface area (TPSA) is 42.1 Å². The van der Waals surface area contributed by atoms with E-state index in [2.05, 4.69) is 15.3 Å². The maximum atomic E-state index is 12.9. The third kappa shape index (κ3) is 3.06. The molecule has 3 rings (SSSR count). The molecule has 1 saturated heterocycles. The molecule has 0 amide bonds. The van der Waals surface area contributed by atoms with Crippen LogP contribution in [0.3, 0.4) is 0 Å². The molecule has 106 valence electrons. The number of hydrogen-bond donors (Lipinski definition) is 1. The lowest BCUT2D eigenvalue weighted by Crippen LogP contribution is -2.22. The molecule has 2 heterocycles. The first-order chi connectivity index (χ1) is 9.74. The number of thiazole rings is 1. The number of hydrogen-bond acceptors (Lipinski definition) is 4. The number of benzene rings is 1. The third-order valence-electron chi connectivity index (χ3n) is 3.73. The van der Waals surface area contributed by atoms with Crippen LogP contribution in [0.1, 0.15) is 12.1 Å². The van der Waals surface area contributed by atoms with Crippen molar-refractivity contribution in [2.45, 2.75) is 13.0 Å². The Morgan fingerprint density at radius 1 is 1.35 bits per heavy atom. The molecule has 0 radical (unpaired) electrons. The molecule has 1 aromatic heterocycles. The second-order valence-corrected chi connectivity index (χ2v) is 6.13. The Morgan fingerprint density at radius 3 is 2.85 bits per heavy atom. The van der Waals surface area contributed by atoms with E-state index in [4.69, 9.17) is 5.73 Å². The van der Waals surface area contributed by atoms with E-state index in [9.17, 15) is 4.39 Å². The molecule has 1 aromatic carbocycles. The van der Waals surface area contributed by atoms with Gasteiger partial charge < -0.3 is 5.73 Å². The number of likely N-dealkylation sites (tertiary alicyclic amines) is 1. The summed E-state index contributed by atoms with van der Waals surface area (Å²) in [6.07, 6.45) is 1.19. The first-order valence-corrected chi connectivity index (χ1v) is 7.75. The van der Waals surface area contributed by atoms with Crippen LogP contribution in [0.5, 0.6) is 0 Å². The summed E-state index contributed by atoms with van der Waals surface area (Å²) in [4.78, 5) is 7.05. The van der Waals surface area contributed by atoms with E-state index in [1.54, 1.807) is 23.5 Å². The molecule has 0 aliphatic carbocycles. The summed E-state index contributed by atoms with van der Waals surface area (Å²) in [5.74, 6) is 0.417. The molecule has 20 heavy (non-hydrogen) atoms. The molecule has 2 aromatic rings. The molecule has 1 aliphatic heterocycles. The van der Waals surface area contributed by atoms with E-state index in [1.807, 2.05) is 0 Å². The Morgan fingerprint density at radius 2 is 2.15 bits per heavy atom. The van der Waals surface area contributed by atoms with Crippen LogP contribution in [0, 0.1) is 11.7 Å². The van der Waals surface area contributed by atoms with Gasteiger partial charge in [-0.15, -0.1) is 11.3 Å². The van der Waals surface area contributed by atoms with Crippen LogP contribution in [0.4, 0.5) is 4.39 Å². The van der Waals surface area contributed by atoms with Crippen LogP contribution in [-0.4, -0.2) is 29.5 Å². The first kappa shape index (κ1) is 13.7. The molecule has 0 unspecified atom stereocenters. The van der Waals surface area contributed by atoms with Crippen molar-refractivity contribution in [1.82, 2.24) is 9.88 Å². The number of nitrogens with zero attached hydrogens (tertiary/aromatic N) is 2. The highest BCUT2D eigenvalue weighted by molar-refractivity contribution is 7.13. The second kappa shape index (κ2) is 5.99. The normalized spacial score (nSPS) is 19.6. The fourth-order valence-electron chi connectivity index (χ4n) is 2.58. The van der Waals surface area contributed by atoms with Gasteiger partial charge in [-0.2, -0.15) is 0 Å². The zero-order valence-electron chi connectivity index (χ0n) is 11.3. The minimum absolute atomic E-state index is 0.213. The van der Waals surface area contributed by atoms with Crippen molar-refractivity contribution < 1.29 is 4.39 Å². The Hall–Kier alpha value is -1.30. The predicted octanol–water partition coefficient (Wildman–Crippen LogP) is 2.73. The van der Waals surface area contributed by atoms with E-state index in [-0.39, 0.29) is 5.82 Å². The smallest absolute Gasteiger partial charge is 0.123 e. The van der Waals surface area contributed by atoms with Gasteiger partial charge in [-0.25, -0.2) is 9.37 Å². The number of nitrogens with two attached hydrogens (primary N) is 1. The molecule has 1 aliphatic rings. The Kier molecular flexibility index (Phi) is 4.10. The summed E-state index contributed by atoms with van der Waals surface area (Å²) in [6.45, 7) is 3.83. The van der Waals surface area contributed by atoms with Gasteiger partial charge in [-0.1, -0.05) is 0 Å². The highest BCUT2D eigenvalue weighted by Gasteiger charge is 2.21. The fourth-order valence-corrected chi connectivity index (χ4v) is 3.40. The van der Waals surface area contributed by atoms with Gasteiger partial charge >= 0.3 is 0 Å². The molecule has 3 nitrogen and oxygen atoms in total. The molecule has 0 bridgehead atoms. The first-order valence-electron chi connectivity index (χ1n) is 6.87. The largest absolute Gasteiger partial charge is 0.330 e. The summed E-state index contributed by atoms with van der Waals surface area (Å²) in [7, 11) is 0. The van der Waals surface area contributed by atoms with E-state index < -0.39 is 0 Å². The molecule has 0 spiro atoms. The van der Waals surface area contributed by atoms with Crippen molar-refractivity contribution >= 4 is 11.3 Å². The highest BCUT2D eigenvalue weighted by atomic mass is 32.1. The van der Waals surface area contributed by atoms with Crippen LogP contribution >= 0.6 is 11.3 Å². The van der Waals surface area contributed by atoms with E-state index in [0.717, 1.165) is 42.4 Å². The SMILES string of the molecule is NC[C@@H]1CCN(Cc2csc(-c3ccc(F)cc3)n2)C1. The summed E-state index contributed by atoms with van der Waals surface area (Å²) < 4.78 is 12.9. The molecule has 2 N–H and O–H groups in total. The van der Waals surface area contributed by atoms with E-state index in [1.165, 1.54) is 18.6 Å². The summed E-state index contributed by atoms with van der Waals surface area (Å²) in [5.41, 5.74) is 7.78. The van der Waals surface area contributed by atoms with Gasteiger partial charge in [-0.05, 0) is 49.7 Å². The Bertz CT molecular complexity index is 567. The van der Waals surface area contributed by atoms with Gasteiger partial charge in [0.25, 0.3) is 0 Å². The number of rotatable bonds is 4. The Balaban J connectivity index is 1.66. The standard InChI is InChI=1S/C15H18FN3S/c16-13-3-1-12(2-4-13)15-18-14(10-20-15)9-19-6-5-11(7-17)8-19/h1-4,10-11H,5-9,17H2/t11-/m0/s1. The van der Waals surface area contributed by atoms with Gasteiger partial charge in [0.1, 0.15) is 10.8 Å². The average molecular weight is 291 g/mol. The predicted molar refractivity (Wildman–Crippen MR) is 79.9 cm³/mol. The van der Waals surface area contributed by atoms with Crippen LogP contribution < -0.4 is 5.73 Å². The van der Waals surface area contributed by atoms with Crippen molar-refractivity contribution in [1.29, 1.82) is 0 Å². The third-order valence-corrected chi connectivity index (χ3v) is 4.67. The van der Waals surface area contributed by atoms with Crippen molar-refractivity contribution in [3.8, 4) is 10.6 Å². The van der Waals surface area contributed by atoms with Crippen molar-refractivity contribution in [3.63, 3.8) is 0 Å². The molecule has 0 saturated carbocycles. The van der Waals surface area contributed by atoms with Crippen LogP contribution in [0.15, 0.2) is 29.6 Å². The minimum Gasteiger partial charge on any atom is -0.330 e. The van der Waals surface area contributed by atoms with Crippen molar-refractivity contribution in [2.24, 2.45) is 11.7 Å². The van der Waals surface area contributed by atoms with E-state index in [0.29, 0.717) is 5.92 Å². The lowest BCUT2D eigenvalue weighted by atomic mass is 10.1. The second-order valence-electron chi connectivity index (χ2n) is 5.28. The van der Waals surface area contributed by atoms with Crippen LogP contribution in [-0.2, 0) is 6.54 Å². The maximum Gasteiger partial charge on any atom is 0.123 e. The lowest BCUT2D eigenvalue weighted by molar-refractivity contribution is 0.315. The molecule has 1 fully saturated rings. The average Bonchev–Trinajstić information content (AvgIpc) is 3.09. The molecular weight excluding hydrogens is 273 g/mol. The minimum atomic E-state index is -0.213. The molecule has 5 heteroatoms. The van der Waals surface area contributed by atoms with Gasteiger partial charge in [-0.3, -0.25) is 4.90 Å². The van der Waals surface area contributed by atoms with Gasteiger partial charge in [0.05, 0.1) is 5.69 Å². The quantitative estimate of drug-likeness (QED) is 0.942. The van der Waals surface area contributed by atoms with Gasteiger partial charge in [0, 0.05) is 24.0 Å². The molecule has 1 atom stereocenters. The van der Waals surface area contributed by atoms with Crippen LogP contribution in [0.25, 0.3) is 10.6 Å². The maximum absolute atomic E-state index is 12.9. The Labute approximate surface area is 122 Å². The number of halogens is 1.